The number of carbonyl (C=O) groups excluding carboxylic acids is 1. The molecule has 5 rings (SSSR count). The van der Waals surface area contributed by atoms with Crippen LogP contribution in [0.5, 0.6) is 0 Å². The van der Waals surface area contributed by atoms with Crippen LogP contribution in [0.3, 0.4) is 0 Å². The lowest BCUT2D eigenvalue weighted by atomic mass is 9.72. The Morgan fingerprint density at radius 2 is 1.48 bits per heavy atom. The van der Waals surface area contributed by atoms with Crippen LogP contribution in [0.4, 0.5) is 11.4 Å². The van der Waals surface area contributed by atoms with Gasteiger partial charge in [0.05, 0.1) is 23.0 Å². The molecule has 2 saturated carbocycles. The zero-order valence-corrected chi connectivity index (χ0v) is 18.3. The van der Waals surface area contributed by atoms with Crippen molar-refractivity contribution in [1.82, 2.24) is 10.3 Å². The number of pyridine rings is 1. The minimum absolute atomic E-state index is 0.178. The molecule has 0 radical (unpaired) electrons. The van der Waals surface area contributed by atoms with E-state index in [-0.39, 0.29) is 11.8 Å². The van der Waals surface area contributed by atoms with Crippen molar-refractivity contribution < 1.29 is 4.79 Å². The van der Waals surface area contributed by atoms with E-state index in [0.717, 1.165) is 42.8 Å². The molecule has 5 nitrogen and oxygen atoms in total. The Bertz CT molecular complexity index is 862. The molecule has 3 aliphatic rings. The molecule has 1 atom stereocenters. The number of para-hydroxylation sites is 2. The molecule has 1 amide bonds. The van der Waals surface area contributed by atoms with E-state index in [2.05, 4.69) is 34.1 Å². The van der Waals surface area contributed by atoms with Gasteiger partial charge in [0, 0.05) is 12.2 Å². The third kappa shape index (κ3) is 4.02. The molecular weight excluding hydrogens is 384 g/mol. The number of nitrogens with zero attached hydrogens (tertiary/aromatic N) is 1. The number of amides is 1. The number of anilines is 2. The Labute approximate surface area is 185 Å². The van der Waals surface area contributed by atoms with Gasteiger partial charge in [-0.2, -0.15) is 0 Å². The van der Waals surface area contributed by atoms with Gasteiger partial charge in [-0.15, -0.1) is 0 Å². The zero-order valence-electron chi connectivity index (χ0n) is 18.3. The van der Waals surface area contributed by atoms with Crippen LogP contribution in [0, 0.1) is 11.8 Å². The molecule has 5 heteroatoms. The molecule has 0 bridgehead atoms. The molecule has 0 spiro atoms. The van der Waals surface area contributed by atoms with Gasteiger partial charge in [0.2, 0.25) is 5.91 Å². The van der Waals surface area contributed by atoms with Gasteiger partial charge in [0.1, 0.15) is 0 Å². The van der Waals surface area contributed by atoms with E-state index in [1.165, 1.54) is 38.5 Å². The molecule has 1 aromatic carbocycles. The third-order valence-electron chi connectivity index (χ3n) is 7.48. The van der Waals surface area contributed by atoms with Gasteiger partial charge >= 0.3 is 0 Å². The van der Waals surface area contributed by atoms with E-state index in [4.69, 9.17) is 4.98 Å². The first kappa shape index (κ1) is 20.3. The highest BCUT2D eigenvalue weighted by Gasteiger charge is 2.52. The first-order valence-corrected chi connectivity index (χ1v) is 12.1. The van der Waals surface area contributed by atoms with Crippen LogP contribution in [0.25, 0.3) is 0 Å². The highest BCUT2D eigenvalue weighted by atomic mass is 16.2. The number of aromatic nitrogens is 1. The Morgan fingerprint density at radius 3 is 2.10 bits per heavy atom. The van der Waals surface area contributed by atoms with Gasteiger partial charge in [-0.3, -0.25) is 9.78 Å². The molecule has 2 heterocycles. The summed E-state index contributed by atoms with van der Waals surface area (Å²) < 4.78 is 0. The molecule has 1 unspecified atom stereocenters. The second kappa shape index (κ2) is 8.89. The Hall–Kier alpha value is -2.56. The average molecular weight is 419 g/mol. The van der Waals surface area contributed by atoms with Gasteiger partial charge in [-0.05, 0) is 55.9 Å². The van der Waals surface area contributed by atoms with Gasteiger partial charge in [-0.1, -0.05) is 56.7 Å². The van der Waals surface area contributed by atoms with Crippen LogP contribution in [0.15, 0.2) is 48.7 Å². The lowest BCUT2D eigenvalue weighted by molar-refractivity contribution is -0.130. The lowest BCUT2D eigenvalue weighted by Gasteiger charge is -2.43. The Balaban J connectivity index is 1.54. The molecule has 2 fully saturated rings. The molecule has 0 saturated heterocycles. The predicted octanol–water partition coefficient (Wildman–Crippen LogP) is 5.42. The van der Waals surface area contributed by atoms with E-state index >= 15 is 0 Å². The van der Waals surface area contributed by atoms with Gasteiger partial charge < -0.3 is 16.0 Å². The summed E-state index contributed by atoms with van der Waals surface area (Å²) in [7, 11) is 0. The van der Waals surface area contributed by atoms with Gasteiger partial charge in [0.15, 0.2) is 5.66 Å². The summed E-state index contributed by atoms with van der Waals surface area (Å²) in [5.41, 5.74) is 2.24. The predicted molar refractivity (Wildman–Crippen MR) is 125 cm³/mol. The Kier molecular flexibility index (Phi) is 5.84. The smallest absolute Gasteiger partial charge is 0.228 e. The standard InChI is InChI=1S/C26H34N4O/c31-25(28-20-13-5-2-6-14-20)24(19-11-3-1-4-12-19)26(23-17-9-10-18-27-23)29-21-15-7-8-16-22(21)30-26/h7-10,15-20,24,29-30H,1-6,11-14H2,(H,28,31). The van der Waals surface area contributed by atoms with E-state index in [1.54, 1.807) is 0 Å². The molecule has 2 aliphatic carbocycles. The van der Waals surface area contributed by atoms with Crippen LogP contribution in [0.1, 0.15) is 69.9 Å². The number of nitrogens with one attached hydrogen (secondary N) is 3. The second-order valence-corrected chi connectivity index (χ2v) is 9.54. The molecule has 1 aromatic heterocycles. The highest BCUT2D eigenvalue weighted by Crippen LogP contribution is 2.48. The zero-order chi connectivity index (χ0) is 21.1. The maximum absolute atomic E-state index is 14.0. The van der Waals surface area contributed by atoms with Crippen molar-refractivity contribution in [2.24, 2.45) is 11.8 Å². The normalized spacial score (nSPS) is 22.1. The molecule has 31 heavy (non-hydrogen) atoms. The maximum Gasteiger partial charge on any atom is 0.228 e. The minimum atomic E-state index is -0.730. The van der Waals surface area contributed by atoms with Crippen molar-refractivity contribution in [2.45, 2.75) is 75.9 Å². The van der Waals surface area contributed by atoms with E-state index in [9.17, 15) is 4.79 Å². The van der Waals surface area contributed by atoms with Crippen LogP contribution in [-0.4, -0.2) is 16.9 Å². The van der Waals surface area contributed by atoms with Crippen LogP contribution >= 0.6 is 0 Å². The number of rotatable bonds is 5. The van der Waals surface area contributed by atoms with E-state index < -0.39 is 5.66 Å². The van der Waals surface area contributed by atoms with Crippen LogP contribution < -0.4 is 16.0 Å². The average Bonchev–Trinajstić information content (AvgIpc) is 3.21. The topological polar surface area (TPSA) is 66.0 Å². The third-order valence-corrected chi connectivity index (χ3v) is 7.48. The van der Waals surface area contributed by atoms with Crippen molar-refractivity contribution in [3.05, 3.63) is 54.4 Å². The first-order chi connectivity index (χ1) is 15.3. The van der Waals surface area contributed by atoms with Crippen molar-refractivity contribution in [3.8, 4) is 0 Å². The number of benzene rings is 1. The van der Waals surface area contributed by atoms with Gasteiger partial charge in [-0.25, -0.2) is 0 Å². The highest BCUT2D eigenvalue weighted by molar-refractivity contribution is 5.86. The summed E-state index contributed by atoms with van der Waals surface area (Å²) in [6.07, 6.45) is 13.6. The molecule has 1 aliphatic heterocycles. The van der Waals surface area contributed by atoms with Crippen LogP contribution in [-0.2, 0) is 10.5 Å². The summed E-state index contributed by atoms with van der Waals surface area (Å²) in [6, 6.07) is 14.6. The molecule has 2 aromatic rings. The summed E-state index contributed by atoms with van der Waals surface area (Å²) >= 11 is 0. The number of fused-ring (bicyclic) bond motifs is 1. The largest absolute Gasteiger partial charge is 0.355 e. The summed E-state index contributed by atoms with van der Waals surface area (Å²) in [6.45, 7) is 0. The quantitative estimate of drug-likeness (QED) is 0.607. The number of hydrogen-bond acceptors (Lipinski definition) is 4. The fourth-order valence-corrected chi connectivity index (χ4v) is 5.97. The number of hydrogen-bond donors (Lipinski definition) is 3. The van der Waals surface area contributed by atoms with Crippen molar-refractivity contribution in [3.63, 3.8) is 0 Å². The fourth-order valence-electron chi connectivity index (χ4n) is 5.97. The van der Waals surface area contributed by atoms with Crippen molar-refractivity contribution in [1.29, 1.82) is 0 Å². The maximum atomic E-state index is 14.0. The van der Waals surface area contributed by atoms with Gasteiger partial charge in [0.25, 0.3) is 0 Å². The molecular formula is C26H34N4O. The molecule has 164 valence electrons. The second-order valence-electron chi connectivity index (χ2n) is 9.54. The van der Waals surface area contributed by atoms with Crippen LogP contribution in [0.2, 0.25) is 0 Å². The molecule has 3 N–H and O–H groups in total. The van der Waals surface area contributed by atoms with Crippen molar-refractivity contribution in [2.75, 3.05) is 10.6 Å². The summed E-state index contributed by atoms with van der Waals surface area (Å²) in [5, 5.41) is 11.0. The van der Waals surface area contributed by atoms with Crippen molar-refractivity contribution >= 4 is 17.3 Å². The minimum Gasteiger partial charge on any atom is -0.355 e. The lowest BCUT2D eigenvalue weighted by Crippen LogP contribution is -2.57. The first-order valence-electron chi connectivity index (χ1n) is 12.1. The monoisotopic (exact) mass is 418 g/mol. The number of carbonyl (C=O) groups is 1. The summed E-state index contributed by atoms with van der Waals surface area (Å²) in [4.78, 5) is 18.8. The van der Waals surface area contributed by atoms with E-state index in [1.807, 2.05) is 30.5 Å². The Morgan fingerprint density at radius 1 is 0.871 bits per heavy atom. The summed E-state index contributed by atoms with van der Waals surface area (Å²) in [5.74, 6) is 0.281. The van der Waals surface area contributed by atoms with E-state index in [0.29, 0.717) is 12.0 Å². The fraction of sp³-hybridized carbons (Fsp3) is 0.538. The SMILES string of the molecule is O=C(NC1CCCCC1)C(C1CCCCC1)C1(c2ccccn2)Nc2ccccc2N1.